The first kappa shape index (κ1) is 13.0. The standard InChI is InChI=1S/C12H19N3O3/c1-3-10(12(16)17)15-6-4-5-9(7-15)11-13-8(2)14-18-11/h9-10H,3-7H2,1-2H3,(H,16,17). The number of aromatic nitrogens is 2. The molecule has 100 valence electrons. The first-order valence-electron chi connectivity index (χ1n) is 6.39. The van der Waals surface area contributed by atoms with Crippen LogP contribution in [0, 0.1) is 6.92 Å². The molecular formula is C12H19N3O3. The Balaban J connectivity index is 2.06. The van der Waals surface area contributed by atoms with E-state index in [2.05, 4.69) is 10.1 Å². The topological polar surface area (TPSA) is 79.5 Å². The monoisotopic (exact) mass is 253 g/mol. The quantitative estimate of drug-likeness (QED) is 0.874. The Morgan fingerprint density at radius 1 is 1.67 bits per heavy atom. The lowest BCUT2D eigenvalue weighted by molar-refractivity contribution is -0.144. The van der Waals surface area contributed by atoms with Gasteiger partial charge >= 0.3 is 5.97 Å². The predicted octanol–water partition coefficient (Wildman–Crippen LogP) is 1.42. The highest BCUT2D eigenvalue weighted by Crippen LogP contribution is 2.27. The number of hydrogen-bond donors (Lipinski definition) is 1. The van der Waals surface area contributed by atoms with E-state index < -0.39 is 12.0 Å². The second-order valence-electron chi connectivity index (χ2n) is 4.78. The molecule has 0 aromatic carbocycles. The lowest BCUT2D eigenvalue weighted by atomic mass is 9.96. The largest absolute Gasteiger partial charge is 0.480 e. The molecule has 6 heteroatoms. The number of carboxylic acids is 1. The van der Waals surface area contributed by atoms with Crippen LogP contribution in [-0.2, 0) is 4.79 Å². The van der Waals surface area contributed by atoms with Crippen molar-refractivity contribution in [3.63, 3.8) is 0 Å². The number of rotatable bonds is 4. The molecule has 2 heterocycles. The van der Waals surface area contributed by atoms with Crippen molar-refractivity contribution in [2.24, 2.45) is 0 Å². The van der Waals surface area contributed by atoms with Crippen LogP contribution >= 0.6 is 0 Å². The zero-order valence-electron chi connectivity index (χ0n) is 10.8. The molecule has 0 amide bonds. The van der Waals surface area contributed by atoms with Crippen molar-refractivity contribution in [1.82, 2.24) is 15.0 Å². The molecule has 1 aliphatic rings. The van der Waals surface area contributed by atoms with Crippen LogP contribution in [0.3, 0.4) is 0 Å². The van der Waals surface area contributed by atoms with E-state index in [0.29, 0.717) is 24.7 Å². The Hall–Kier alpha value is -1.43. The Bertz CT molecular complexity index is 418. The van der Waals surface area contributed by atoms with E-state index in [-0.39, 0.29) is 5.92 Å². The number of aryl methyl sites for hydroxylation is 1. The van der Waals surface area contributed by atoms with Crippen LogP contribution in [0.2, 0.25) is 0 Å². The van der Waals surface area contributed by atoms with Crippen molar-refractivity contribution < 1.29 is 14.4 Å². The molecule has 2 rings (SSSR count). The van der Waals surface area contributed by atoms with Crippen molar-refractivity contribution in [2.45, 2.75) is 45.1 Å². The minimum Gasteiger partial charge on any atom is -0.480 e. The van der Waals surface area contributed by atoms with E-state index in [9.17, 15) is 9.90 Å². The number of hydrogen-bond acceptors (Lipinski definition) is 5. The Kier molecular flexibility index (Phi) is 3.96. The van der Waals surface area contributed by atoms with Crippen LogP contribution in [0.1, 0.15) is 43.8 Å². The van der Waals surface area contributed by atoms with Gasteiger partial charge in [-0.2, -0.15) is 4.98 Å². The second-order valence-corrected chi connectivity index (χ2v) is 4.78. The normalized spacial score (nSPS) is 22.9. The smallest absolute Gasteiger partial charge is 0.320 e. The van der Waals surface area contributed by atoms with E-state index in [1.807, 2.05) is 11.8 Å². The van der Waals surface area contributed by atoms with Crippen molar-refractivity contribution in [3.8, 4) is 0 Å². The first-order chi connectivity index (χ1) is 8.61. The van der Waals surface area contributed by atoms with E-state index in [1.165, 1.54) is 0 Å². The van der Waals surface area contributed by atoms with Crippen molar-refractivity contribution in [2.75, 3.05) is 13.1 Å². The van der Waals surface area contributed by atoms with Gasteiger partial charge in [-0.25, -0.2) is 0 Å². The van der Waals surface area contributed by atoms with Crippen LogP contribution in [0.5, 0.6) is 0 Å². The van der Waals surface area contributed by atoms with Gasteiger partial charge in [0.2, 0.25) is 5.89 Å². The van der Waals surface area contributed by atoms with Gasteiger partial charge < -0.3 is 9.63 Å². The summed E-state index contributed by atoms with van der Waals surface area (Å²) in [5, 5.41) is 13.0. The summed E-state index contributed by atoms with van der Waals surface area (Å²) in [6.45, 7) is 5.21. The molecule has 0 radical (unpaired) electrons. The van der Waals surface area contributed by atoms with E-state index in [4.69, 9.17) is 4.52 Å². The van der Waals surface area contributed by atoms with Crippen molar-refractivity contribution in [1.29, 1.82) is 0 Å². The molecule has 1 aromatic rings. The number of aliphatic carboxylic acids is 1. The van der Waals surface area contributed by atoms with Gasteiger partial charge in [-0.3, -0.25) is 9.69 Å². The molecule has 2 unspecified atom stereocenters. The SMILES string of the molecule is CCC(C(=O)O)N1CCCC(c2nc(C)no2)C1. The van der Waals surface area contributed by atoms with Crippen LogP contribution in [0.15, 0.2) is 4.52 Å². The fourth-order valence-electron chi connectivity index (χ4n) is 2.56. The molecule has 1 N–H and O–H groups in total. The predicted molar refractivity (Wildman–Crippen MR) is 64.3 cm³/mol. The first-order valence-corrected chi connectivity index (χ1v) is 6.39. The summed E-state index contributed by atoms with van der Waals surface area (Å²) >= 11 is 0. The minimum atomic E-state index is -0.750. The maximum absolute atomic E-state index is 11.2. The molecule has 1 saturated heterocycles. The van der Waals surface area contributed by atoms with Crippen LogP contribution in [-0.4, -0.2) is 45.2 Å². The highest BCUT2D eigenvalue weighted by atomic mass is 16.5. The third kappa shape index (κ3) is 2.69. The van der Waals surface area contributed by atoms with E-state index >= 15 is 0 Å². The van der Waals surface area contributed by atoms with Gasteiger partial charge in [-0.05, 0) is 32.7 Å². The van der Waals surface area contributed by atoms with Gasteiger partial charge in [-0.15, -0.1) is 0 Å². The zero-order valence-corrected chi connectivity index (χ0v) is 10.8. The molecule has 6 nitrogen and oxygen atoms in total. The lowest BCUT2D eigenvalue weighted by Gasteiger charge is -2.34. The molecule has 1 fully saturated rings. The number of piperidine rings is 1. The van der Waals surface area contributed by atoms with Crippen molar-refractivity contribution in [3.05, 3.63) is 11.7 Å². The Labute approximate surface area is 106 Å². The third-order valence-corrected chi connectivity index (χ3v) is 3.46. The highest BCUT2D eigenvalue weighted by molar-refractivity contribution is 5.73. The second kappa shape index (κ2) is 5.48. The summed E-state index contributed by atoms with van der Waals surface area (Å²) in [5.41, 5.74) is 0. The maximum atomic E-state index is 11.2. The molecule has 18 heavy (non-hydrogen) atoms. The maximum Gasteiger partial charge on any atom is 0.320 e. The molecule has 0 spiro atoms. The minimum absolute atomic E-state index is 0.161. The van der Waals surface area contributed by atoms with Gasteiger partial charge in [0.15, 0.2) is 5.82 Å². The summed E-state index contributed by atoms with van der Waals surface area (Å²) in [4.78, 5) is 17.4. The lowest BCUT2D eigenvalue weighted by Crippen LogP contribution is -2.45. The number of carbonyl (C=O) groups is 1. The van der Waals surface area contributed by atoms with Gasteiger partial charge in [0, 0.05) is 6.54 Å². The summed E-state index contributed by atoms with van der Waals surface area (Å²) in [6.07, 6.45) is 2.56. The molecule has 1 aromatic heterocycles. The van der Waals surface area contributed by atoms with Crippen LogP contribution < -0.4 is 0 Å². The zero-order chi connectivity index (χ0) is 13.1. The molecule has 0 saturated carbocycles. The molecule has 1 aliphatic heterocycles. The van der Waals surface area contributed by atoms with E-state index in [0.717, 1.165) is 19.4 Å². The highest BCUT2D eigenvalue weighted by Gasteiger charge is 2.31. The fourth-order valence-corrected chi connectivity index (χ4v) is 2.56. The summed E-state index contributed by atoms with van der Waals surface area (Å²) in [7, 11) is 0. The average molecular weight is 253 g/mol. The summed E-state index contributed by atoms with van der Waals surface area (Å²) < 4.78 is 5.19. The molecule has 0 aliphatic carbocycles. The van der Waals surface area contributed by atoms with Crippen molar-refractivity contribution >= 4 is 5.97 Å². The third-order valence-electron chi connectivity index (χ3n) is 3.46. The van der Waals surface area contributed by atoms with Gasteiger partial charge in [-0.1, -0.05) is 12.1 Å². The number of carboxylic acid groups (broad SMARTS) is 1. The molecule has 2 atom stereocenters. The molecular weight excluding hydrogens is 234 g/mol. The number of likely N-dealkylation sites (tertiary alicyclic amines) is 1. The van der Waals surface area contributed by atoms with Gasteiger partial charge in [0.05, 0.1) is 5.92 Å². The average Bonchev–Trinajstić information content (AvgIpc) is 2.77. The Morgan fingerprint density at radius 2 is 2.44 bits per heavy atom. The van der Waals surface area contributed by atoms with Gasteiger partial charge in [0.25, 0.3) is 0 Å². The van der Waals surface area contributed by atoms with Crippen LogP contribution in [0.4, 0.5) is 0 Å². The fraction of sp³-hybridized carbons (Fsp3) is 0.750. The van der Waals surface area contributed by atoms with Gasteiger partial charge in [0.1, 0.15) is 6.04 Å². The Morgan fingerprint density at radius 3 is 3.00 bits per heavy atom. The molecule has 0 bridgehead atoms. The summed E-state index contributed by atoms with van der Waals surface area (Å²) in [5.74, 6) is 0.679. The number of nitrogens with zero attached hydrogens (tertiary/aromatic N) is 3. The summed E-state index contributed by atoms with van der Waals surface area (Å²) in [6, 6.07) is -0.406. The van der Waals surface area contributed by atoms with Crippen LogP contribution in [0.25, 0.3) is 0 Å². The van der Waals surface area contributed by atoms with E-state index in [1.54, 1.807) is 6.92 Å².